The highest BCUT2D eigenvalue weighted by Gasteiger charge is 2.45. The predicted molar refractivity (Wildman–Crippen MR) is 58.1 cm³/mol. The first kappa shape index (κ1) is 11.5. The van der Waals surface area contributed by atoms with Crippen molar-refractivity contribution < 1.29 is 4.79 Å². The van der Waals surface area contributed by atoms with Gasteiger partial charge >= 0.3 is 0 Å². The van der Waals surface area contributed by atoms with Crippen LogP contribution in [0, 0.1) is 5.41 Å². The molecule has 0 bridgehead atoms. The van der Waals surface area contributed by atoms with E-state index in [0.717, 1.165) is 6.42 Å². The van der Waals surface area contributed by atoms with Crippen molar-refractivity contribution in [1.82, 2.24) is 10.6 Å². The maximum atomic E-state index is 11.4. The summed E-state index contributed by atoms with van der Waals surface area (Å²) in [7, 11) is 0. The number of carbonyl (C=O) groups excluding carboxylic acids is 1. The quantitative estimate of drug-likeness (QED) is 0.699. The third kappa shape index (κ3) is 3.29. The third-order valence-electron chi connectivity index (χ3n) is 3.04. The molecular formula is C11H22N2O. The third-order valence-corrected chi connectivity index (χ3v) is 3.04. The van der Waals surface area contributed by atoms with Crippen molar-refractivity contribution in [2.75, 3.05) is 6.54 Å². The molecule has 2 atom stereocenters. The maximum Gasteiger partial charge on any atom is 0.234 e. The predicted octanol–water partition coefficient (Wildman–Crippen LogP) is 1.29. The van der Waals surface area contributed by atoms with Gasteiger partial charge in [-0.3, -0.25) is 4.79 Å². The molecule has 1 amide bonds. The molecule has 1 rings (SSSR count). The van der Waals surface area contributed by atoms with Crippen molar-refractivity contribution in [2.45, 2.75) is 52.6 Å². The Balaban J connectivity index is 2.10. The minimum Gasteiger partial charge on any atom is -0.353 e. The summed E-state index contributed by atoms with van der Waals surface area (Å²) in [5.41, 5.74) is 0.399. The fraction of sp³-hybridized carbons (Fsp3) is 0.909. The molecule has 0 aliphatic heterocycles. The van der Waals surface area contributed by atoms with E-state index in [1.807, 2.05) is 6.92 Å². The Kier molecular flexibility index (Phi) is 3.53. The summed E-state index contributed by atoms with van der Waals surface area (Å²) < 4.78 is 0. The van der Waals surface area contributed by atoms with E-state index >= 15 is 0 Å². The topological polar surface area (TPSA) is 41.1 Å². The van der Waals surface area contributed by atoms with Crippen LogP contribution in [0.4, 0.5) is 0 Å². The summed E-state index contributed by atoms with van der Waals surface area (Å²) in [5, 5.41) is 6.20. The fourth-order valence-corrected chi connectivity index (χ4v) is 1.46. The van der Waals surface area contributed by atoms with Gasteiger partial charge in [0.15, 0.2) is 0 Å². The molecule has 0 aromatic heterocycles. The van der Waals surface area contributed by atoms with Crippen molar-refractivity contribution in [1.29, 1.82) is 0 Å². The zero-order chi connectivity index (χ0) is 10.8. The minimum atomic E-state index is 0.113. The van der Waals surface area contributed by atoms with E-state index in [9.17, 15) is 4.79 Å². The summed E-state index contributed by atoms with van der Waals surface area (Å²) in [5.74, 6) is 0.113. The van der Waals surface area contributed by atoms with Crippen molar-refractivity contribution in [3.8, 4) is 0 Å². The largest absolute Gasteiger partial charge is 0.353 e. The van der Waals surface area contributed by atoms with Gasteiger partial charge in [0, 0.05) is 12.1 Å². The van der Waals surface area contributed by atoms with Crippen LogP contribution >= 0.6 is 0 Å². The molecule has 0 saturated heterocycles. The second-order valence-corrected chi connectivity index (χ2v) is 5.00. The van der Waals surface area contributed by atoms with Crippen LogP contribution in [0.15, 0.2) is 0 Å². The van der Waals surface area contributed by atoms with Gasteiger partial charge in [-0.25, -0.2) is 0 Å². The number of hydrogen-bond acceptors (Lipinski definition) is 2. The molecule has 0 radical (unpaired) electrons. The van der Waals surface area contributed by atoms with Crippen molar-refractivity contribution >= 4 is 5.91 Å². The van der Waals surface area contributed by atoms with Crippen molar-refractivity contribution in [2.24, 2.45) is 5.41 Å². The lowest BCUT2D eigenvalue weighted by atomic mass is 10.2. The second-order valence-electron chi connectivity index (χ2n) is 5.00. The van der Waals surface area contributed by atoms with Crippen LogP contribution in [0.2, 0.25) is 0 Å². The first-order valence-corrected chi connectivity index (χ1v) is 5.48. The zero-order valence-corrected chi connectivity index (χ0v) is 9.68. The van der Waals surface area contributed by atoms with E-state index in [0.29, 0.717) is 18.0 Å². The molecule has 3 nitrogen and oxygen atoms in total. The molecule has 3 heteroatoms. The smallest absolute Gasteiger partial charge is 0.234 e. The maximum absolute atomic E-state index is 11.4. The van der Waals surface area contributed by atoms with E-state index < -0.39 is 0 Å². The molecule has 0 aromatic carbocycles. The molecule has 2 unspecified atom stereocenters. The molecule has 1 aliphatic carbocycles. The monoisotopic (exact) mass is 198 g/mol. The Morgan fingerprint density at radius 1 is 1.57 bits per heavy atom. The second kappa shape index (κ2) is 4.30. The first-order valence-electron chi connectivity index (χ1n) is 5.48. The molecule has 2 N–H and O–H groups in total. The van der Waals surface area contributed by atoms with Crippen molar-refractivity contribution in [3.05, 3.63) is 0 Å². The molecule has 1 aliphatic rings. The number of carbonyl (C=O) groups is 1. The highest BCUT2D eigenvalue weighted by molar-refractivity contribution is 5.78. The molecular weight excluding hydrogens is 176 g/mol. The summed E-state index contributed by atoms with van der Waals surface area (Å²) in [6.45, 7) is 8.99. The fourth-order valence-electron chi connectivity index (χ4n) is 1.46. The van der Waals surface area contributed by atoms with Gasteiger partial charge in [0.25, 0.3) is 0 Å². The Labute approximate surface area is 86.6 Å². The average molecular weight is 198 g/mol. The van der Waals surface area contributed by atoms with Gasteiger partial charge in [-0.2, -0.15) is 0 Å². The average Bonchev–Trinajstić information content (AvgIpc) is 2.70. The SMILES string of the molecule is CCC(C)NC(=O)CNC1CC1(C)C. The molecule has 1 fully saturated rings. The van der Waals surface area contributed by atoms with Crippen LogP contribution < -0.4 is 10.6 Å². The molecule has 0 heterocycles. The lowest BCUT2D eigenvalue weighted by Crippen LogP contribution is -2.40. The highest BCUT2D eigenvalue weighted by Crippen LogP contribution is 2.44. The Morgan fingerprint density at radius 3 is 2.57 bits per heavy atom. The number of hydrogen-bond donors (Lipinski definition) is 2. The highest BCUT2D eigenvalue weighted by atomic mass is 16.1. The summed E-state index contributed by atoms with van der Waals surface area (Å²) in [6, 6.07) is 0.821. The molecule has 14 heavy (non-hydrogen) atoms. The molecule has 0 spiro atoms. The minimum absolute atomic E-state index is 0.113. The van der Waals surface area contributed by atoms with E-state index in [1.165, 1.54) is 6.42 Å². The Morgan fingerprint density at radius 2 is 2.14 bits per heavy atom. The Hall–Kier alpha value is -0.570. The standard InChI is InChI=1S/C11H22N2O/c1-5-8(2)13-10(14)7-12-9-6-11(9,3)4/h8-9,12H,5-7H2,1-4H3,(H,13,14). The molecule has 0 aromatic rings. The molecule has 1 saturated carbocycles. The van der Waals surface area contributed by atoms with Gasteiger partial charge < -0.3 is 10.6 Å². The van der Waals surface area contributed by atoms with E-state index in [1.54, 1.807) is 0 Å². The molecule has 82 valence electrons. The van der Waals surface area contributed by atoms with Gasteiger partial charge in [0.05, 0.1) is 6.54 Å². The van der Waals surface area contributed by atoms with E-state index in [4.69, 9.17) is 0 Å². The Bertz CT molecular complexity index is 213. The number of rotatable bonds is 5. The van der Waals surface area contributed by atoms with Gasteiger partial charge in [-0.1, -0.05) is 20.8 Å². The van der Waals surface area contributed by atoms with Gasteiger partial charge in [0.1, 0.15) is 0 Å². The van der Waals surface area contributed by atoms with Crippen LogP contribution in [-0.4, -0.2) is 24.5 Å². The van der Waals surface area contributed by atoms with Crippen LogP contribution in [0.5, 0.6) is 0 Å². The van der Waals surface area contributed by atoms with Crippen LogP contribution in [0.3, 0.4) is 0 Å². The number of amides is 1. The van der Waals surface area contributed by atoms with Crippen LogP contribution in [0.1, 0.15) is 40.5 Å². The number of nitrogens with one attached hydrogen (secondary N) is 2. The summed E-state index contributed by atoms with van der Waals surface area (Å²) in [4.78, 5) is 11.4. The zero-order valence-electron chi connectivity index (χ0n) is 9.68. The van der Waals surface area contributed by atoms with Crippen LogP contribution in [0.25, 0.3) is 0 Å². The van der Waals surface area contributed by atoms with Crippen molar-refractivity contribution in [3.63, 3.8) is 0 Å². The first-order chi connectivity index (χ1) is 6.45. The van der Waals surface area contributed by atoms with Gasteiger partial charge in [-0.15, -0.1) is 0 Å². The summed E-state index contributed by atoms with van der Waals surface area (Å²) in [6.07, 6.45) is 2.17. The van der Waals surface area contributed by atoms with E-state index in [-0.39, 0.29) is 11.9 Å². The van der Waals surface area contributed by atoms with Crippen LogP contribution in [-0.2, 0) is 4.79 Å². The normalized spacial score (nSPS) is 25.6. The summed E-state index contributed by atoms with van der Waals surface area (Å²) >= 11 is 0. The lowest BCUT2D eigenvalue weighted by Gasteiger charge is -2.12. The van der Waals surface area contributed by atoms with E-state index in [2.05, 4.69) is 31.4 Å². The van der Waals surface area contributed by atoms with Gasteiger partial charge in [0.2, 0.25) is 5.91 Å². The van der Waals surface area contributed by atoms with Gasteiger partial charge in [-0.05, 0) is 25.2 Å². The lowest BCUT2D eigenvalue weighted by molar-refractivity contribution is -0.120.